The zero-order chi connectivity index (χ0) is 18.4. The Morgan fingerprint density at radius 2 is 2.00 bits per heavy atom. The molecule has 3 rings (SSSR count). The van der Waals surface area contributed by atoms with Gasteiger partial charge < -0.3 is 10.1 Å². The summed E-state index contributed by atoms with van der Waals surface area (Å²) in [4.78, 5) is 14.9. The van der Waals surface area contributed by atoms with Gasteiger partial charge in [-0.25, -0.2) is 0 Å². The maximum Gasteiger partial charge on any atom is 0.224 e. The first kappa shape index (κ1) is 18.7. The number of nitrogens with one attached hydrogen (secondary N) is 1. The summed E-state index contributed by atoms with van der Waals surface area (Å²) in [5.74, 6) is 0.983. The number of piperidine rings is 1. The lowest BCUT2D eigenvalue weighted by Crippen LogP contribution is -2.42. The first-order chi connectivity index (χ1) is 12.7. The minimum absolute atomic E-state index is 0.0319. The molecule has 0 aliphatic carbocycles. The number of halogens is 1. The molecule has 0 bridgehead atoms. The number of carbonyl (C=O) groups excluding carboxylic acids is 1. The van der Waals surface area contributed by atoms with Crippen LogP contribution in [0, 0.1) is 5.92 Å². The number of amides is 1. The topological polar surface area (TPSA) is 41.6 Å². The summed E-state index contributed by atoms with van der Waals surface area (Å²) in [5, 5.41) is 3.86. The van der Waals surface area contributed by atoms with Gasteiger partial charge in [0.15, 0.2) is 0 Å². The Morgan fingerprint density at radius 3 is 2.73 bits per heavy atom. The van der Waals surface area contributed by atoms with Crippen LogP contribution in [-0.2, 0) is 17.9 Å². The molecule has 4 nitrogen and oxygen atoms in total. The smallest absolute Gasteiger partial charge is 0.224 e. The van der Waals surface area contributed by atoms with E-state index in [2.05, 4.69) is 16.3 Å². The molecule has 0 radical (unpaired) electrons. The van der Waals surface area contributed by atoms with Crippen LogP contribution in [0.15, 0.2) is 48.5 Å². The van der Waals surface area contributed by atoms with E-state index in [1.54, 1.807) is 7.11 Å². The number of hydrogen-bond donors (Lipinski definition) is 1. The van der Waals surface area contributed by atoms with Crippen LogP contribution in [0.3, 0.4) is 0 Å². The third-order valence-electron chi connectivity index (χ3n) is 4.85. The van der Waals surface area contributed by atoms with Crippen molar-refractivity contribution in [2.45, 2.75) is 25.9 Å². The Bertz CT molecular complexity index is 733. The molecule has 0 unspecified atom stereocenters. The van der Waals surface area contributed by atoms with Crippen molar-refractivity contribution >= 4 is 17.5 Å². The van der Waals surface area contributed by atoms with E-state index < -0.39 is 0 Å². The standard InChI is InChI=1S/C21H25ClN2O2/c1-26-19-10-8-16(9-11-19)13-23-21(25)18-6-4-12-24(15-18)14-17-5-2-3-7-20(17)22/h2-3,5,7-11,18H,4,6,12-15H2,1H3,(H,23,25)/t18-/m1/s1. The van der Waals surface area contributed by atoms with Gasteiger partial charge in [-0.3, -0.25) is 9.69 Å². The molecule has 1 saturated heterocycles. The molecule has 138 valence electrons. The zero-order valence-electron chi connectivity index (χ0n) is 15.1. The summed E-state index contributed by atoms with van der Waals surface area (Å²) in [6.07, 6.45) is 1.97. The summed E-state index contributed by atoms with van der Waals surface area (Å²) in [6.45, 7) is 3.12. The number of rotatable bonds is 6. The predicted octanol–water partition coefficient (Wildman–Crippen LogP) is 3.88. The van der Waals surface area contributed by atoms with Crippen LogP contribution in [0.5, 0.6) is 5.75 Å². The van der Waals surface area contributed by atoms with E-state index in [1.807, 2.05) is 42.5 Å². The van der Waals surface area contributed by atoms with Crippen LogP contribution in [0.2, 0.25) is 5.02 Å². The summed E-state index contributed by atoms with van der Waals surface area (Å²) in [7, 11) is 1.65. The average Bonchev–Trinajstić information content (AvgIpc) is 2.68. The van der Waals surface area contributed by atoms with E-state index >= 15 is 0 Å². The zero-order valence-corrected chi connectivity index (χ0v) is 15.8. The highest BCUT2D eigenvalue weighted by atomic mass is 35.5. The second kappa shape index (κ2) is 9.06. The van der Waals surface area contributed by atoms with E-state index in [1.165, 1.54) is 0 Å². The largest absolute Gasteiger partial charge is 0.497 e. The predicted molar refractivity (Wildman–Crippen MR) is 104 cm³/mol. The fourth-order valence-electron chi connectivity index (χ4n) is 3.36. The van der Waals surface area contributed by atoms with Gasteiger partial charge in [0.05, 0.1) is 13.0 Å². The molecule has 5 heteroatoms. The van der Waals surface area contributed by atoms with Crippen molar-refractivity contribution in [2.24, 2.45) is 5.92 Å². The molecule has 2 aromatic carbocycles. The van der Waals surface area contributed by atoms with Crippen LogP contribution in [0.1, 0.15) is 24.0 Å². The quantitative estimate of drug-likeness (QED) is 0.836. The van der Waals surface area contributed by atoms with Crippen LogP contribution in [0.25, 0.3) is 0 Å². The van der Waals surface area contributed by atoms with Crippen molar-refractivity contribution < 1.29 is 9.53 Å². The molecule has 1 fully saturated rings. The summed E-state index contributed by atoms with van der Waals surface area (Å²) >= 11 is 6.27. The van der Waals surface area contributed by atoms with Gasteiger partial charge in [-0.2, -0.15) is 0 Å². The first-order valence-corrected chi connectivity index (χ1v) is 9.40. The molecule has 1 aliphatic heterocycles. The van der Waals surface area contributed by atoms with Gasteiger partial charge in [-0.1, -0.05) is 41.9 Å². The Morgan fingerprint density at radius 1 is 1.23 bits per heavy atom. The van der Waals surface area contributed by atoms with E-state index in [4.69, 9.17) is 16.3 Å². The fourth-order valence-corrected chi connectivity index (χ4v) is 3.55. The van der Waals surface area contributed by atoms with Crippen molar-refractivity contribution in [2.75, 3.05) is 20.2 Å². The number of ether oxygens (including phenoxy) is 1. The van der Waals surface area contributed by atoms with Gasteiger partial charge in [0.1, 0.15) is 5.75 Å². The van der Waals surface area contributed by atoms with Crippen LogP contribution < -0.4 is 10.1 Å². The maximum atomic E-state index is 12.6. The van der Waals surface area contributed by atoms with Crippen molar-refractivity contribution in [1.29, 1.82) is 0 Å². The molecule has 2 aromatic rings. The second-order valence-corrected chi connectivity index (χ2v) is 7.14. The van der Waals surface area contributed by atoms with Gasteiger partial charge in [0, 0.05) is 24.7 Å². The van der Waals surface area contributed by atoms with Crippen LogP contribution in [0.4, 0.5) is 0 Å². The Kier molecular flexibility index (Phi) is 6.53. The highest BCUT2D eigenvalue weighted by Gasteiger charge is 2.25. The molecule has 1 amide bonds. The van der Waals surface area contributed by atoms with Crippen LogP contribution in [-0.4, -0.2) is 31.0 Å². The summed E-state index contributed by atoms with van der Waals surface area (Å²) in [6, 6.07) is 15.7. The van der Waals surface area contributed by atoms with E-state index in [-0.39, 0.29) is 11.8 Å². The third kappa shape index (κ3) is 4.99. The monoisotopic (exact) mass is 372 g/mol. The molecule has 1 atom stereocenters. The molecular weight excluding hydrogens is 348 g/mol. The lowest BCUT2D eigenvalue weighted by molar-refractivity contribution is -0.126. The lowest BCUT2D eigenvalue weighted by Gasteiger charge is -2.32. The number of likely N-dealkylation sites (tertiary alicyclic amines) is 1. The Labute approximate surface area is 160 Å². The molecule has 0 aromatic heterocycles. The fraction of sp³-hybridized carbons (Fsp3) is 0.381. The minimum atomic E-state index is 0.0319. The lowest BCUT2D eigenvalue weighted by atomic mass is 9.96. The van der Waals surface area contributed by atoms with Gasteiger partial charge in [0.25, 0.3) is 0 Å². The summed E-state index contributed by atoms with van der Waals surface area (Å²) in [5.41, 5.74) is 2.19. The summed E-state index contributed by atoms with van der Waals surface area (Å²) < 4.78 is 5.16. The average molecular weight is 373 g/mol. The molecule has 1 N–H and O–H groups in total. The molecule has 0 saturated carbocycles. The van der Waals surface area contributed by atoms with Crippen LogP contribution >= 0.6 is 11.6 Å². The number of benzene rings is 2. The maximum absolute atomic E-state index is 12.6. The van der Waals surface area contributed by atoms with Crippen molar-refractivity contribution in [1.82, 2.24) is 10.2 Å². The van der Waals surface area contributed by atoms with Gasteiger partial charge >= 0.3 is 0 Å². The van der Waals surface area contributed by atoms with Gasteiger partial charge in [0.2, 0.25) is 5.91 Å². The first-order valence-electron chi connectivity index (χ1n) is 9.02. The SMILES string of the molecule is COc1ccc(CNC(=O)[C@@H]2CCCN(Cc3ccccc3Cl)C2)cc1. The molecule has 1 heterocycles. The Hall–Kier alpha value is -2.04. The normalized spacial score (nSPS) is 17.7. The highest BCUT2D eigenvalue weighted by molar-refractivity contribution is 6.31. The molecule has 1 aliphatic rings. The van der Waals surface area contributed by atoms with E-state index in [0.29, 0.717) is 6.54 Å². The highest BCUT2D eigenvalue weighted by Crippen LogP contribution is 2.22. The van der Waals surface area contributed by atoms with Crippen molar-refractivity contribution in [3.63, 3.8) is 0 Å². The van der Waals surface area contributed by atoms with Crippen molar-refractivity contribution in [3.8, 4) is 5.75 Å². The molecule has 0 spiro atoms. The Balaban J connectivity index is 1.51. The van der Waals surface area contributed by atoms with Gasteiger partial charge in [-0.15, -0.1) is 0 Å². The minimum Gasteiger partial charge on any atom is -0.497 e. The number of nitrogens with zero attached hydrogens (tertiary/aromatic N) is 1. The third-order valence-corrected chi connectivity index (χ3v) is 5.22. The van der Waals surface area contributed by atoms with Gasteiger partial charge in [-0.05, 0) is 48.7 Å². The number of methoxy groups -OCH3 is 1. The van der Waals surface area contributed by atoms with E-state index in [9.17, 15) is 4.79 Å². The van der Waals surface area contributed by atoms with E-state index in [0.717, 1.165) is 54.4 Å². The number of hydrogen-bond acceptors (Lipinski definition) is 3. The number of carbonyl (C=O) groups is 1. The molecular formula is C21H25ClN2O2. The van der Waals surface area contributed by atoms with Crippen molar-refractivity contribution in [3.05, 3.63) is 64.7 Å². The molecule has 26 heavy (non-hydrogen) atoms. The second-order valence-electron chi connectivity index (χ2n) is 6.73.